The number of benzene rings is 1. The first kappa shape index (κ1) is 15.4. The topological polar surface area (TPSA) is 66.8 Å². The molecule has 0 bridgehead atoms. The van der Waals surface area contributed by atoms with Gasteiger partial charge in [-0.15, -0.1) is 0 Å². The molecular weight excluding hydrogens is 270 g/mol. The molecule has 1 amide bonds. The summed E-state index contributed by atoms with van der Waals surface area (Å²) in [4.78, 5) is 25.2. The van der Waals surface area contributed by atoms with Crippen LogP contribution >= 0.6 is 0 Å². The Labute approximate surface area is 124 Å². The van der Waals surface area contributed by atoms with Gasteiger partial charge in [0.25, 0.3) is 0 Å². The van der Waals surface area contributed by atoms with Crippen LogP contribution in [0.15, 0.2) is 18.2 Å². The van der Waals surface area contributed by atoms with E-state index in [-0.39, 0.29) is 11.5 Å². The van der Waals surface area contributed by atoms with Crippen LogP contribution in [0.2, 0.25) is 0 Å². The zero-order chi connectivity index (χ0) is 15.2. The standard InChI is InChI=1S/C16H21NO4/c1-2-21-14-10-12(6-7-13(14)16(19)20)11-15(18)17-8-4-3-5-9-17/h6-7,10H,2-5,8-9,11H2,1H3,(H,19,20). The average Bonchev–Trinajstić information content (AvgIpc) is 2.48. The van der Waals surface area contributed by atoms with E-state index in [0.29, 0.717) is 18.8 Å². The molecule has 2 rings (SSSR count). The monoisotopic (exact) mass is 291 g/mol. The number of piperidine rings is 1. The van der Waals surface area contributed by atoms with Crippen LogP contribution in [-0.2, 0) is 11.2 Å². The Morgan fingerprint density at radius 1 is 1.24 bits per heavy atom. The second-order valence-corrected chi connectivity index (χ2v) is 5.19. The van der Waals surface area contributed by atoms with E-state index in [2.05, 4.69) is 0 Å². The molecule has 5 heteroatoms. The predicted octanol–water partition coefficient (Wildman–Crippen LogP) is 2.34. The second-order valence-electron chi connectivity index (χ2n) is 5.19. The van der Waals surface area contributed by atoms with Crippen molar-refractivity contribution in [3.8, 4) is 5.75 Å². The summed E-state index contributed by atoms with van der Waals surface area (Å²) in [6.45, 7) is 3.84. The van der Waals surface area contributed by atoms with Crippen molar-refractivity contribution in [2.45, 2.75) is 32.6 Å². The summed E-state index contributed by atoms with van der Waals surface area (Å²) < 4.78 is 5.36. The Bertz CT molecular complexity index is 521. The Morgan fingerprint density at radius 3 is 2.57 bits per heavy atom. The molecule has 1 saturated heterocycles. The summed E-state index contributed by atoms with van der Waals surface area (Å²) in [7, 11) is 0. The predicted molar refractivity (Wildman–Crippen MR) is 78.7 cm³/mol. The number of rotatable bonds is 5. The highest BCUT2D eigenvalue weighted by atomic mass is 16.5. The molecule has 5 nitrogen and oxygen atoms in total. The van der Waals surface area contributed by atoms with Gasteiger partial charge in [-0.25, -0.2) is 4.79 Å². The molecule has 1 aliphatic heterocycles. The Morgan fingerprint density at radius 2 is 1.95 bits per heavy atom. The normalized spacial score (nSPS) is 14.8. The van der Waals surface area contributed by atoms with E-state index in [1.54, 1.807) is 19.1 Å². The third-order valence-electron chi connectivity index (χ3n) is 3.64. The van der Waals surface area contributed by atoms with Crippen LogP contribution in [-0.4, -0.2) is 41.6 Å². The minimum absolute atomic E-state index is 0.0974. The second kappa shape index (κ2) is 7.11. The zero-order valence-corrected chi connectivity index (χ0v) is 12.3. The number of hydrogen-bond acceptors (Lipinski definition) is 3. The van der Waals surface area contributed by atoms with Crippen molar-refractivity contribution in [3.63, 3.8) is 0 Å². The van der Waals surface area contributed by atoms with Gasteiger partial charge in [-0.1, -0.05) is 6.07 Å². The Hall–Kier alpha value is -2.04. The fourth-order valence-corrected chi connectivity index (χ4v) is 2.56. The number of likely N-dealkylation sites (tertiary alicyclic amines) is 1. The highest BCUT2D eigenvalue weighted by Crippen LogP contribution is 2.22. The first-order chi connectivity index (χ1) is 10.1. The Kier molecular flexibility index (Phi) is 5.20. The van der Waals surface area contributed by atoms with Crippen molar-refractivity contribution in [1.82, 2.24) is 4.90 Å². The third kappa shape index (κ3) is 3.97. The maximum Gasteiger partial charge on any atom is 0.339 e. The van der Waals surface area contributed by atoms with Gasteiger partial charge in [-0.3, -0.25) is 4.79 Å². The van der Waals surface area contributed by atoms with Crippen LogP contribution in [0.3, 0.4) is 0 Å². The number of ether oxygens (including phenoxy) is 1. The lowest BCUT2D eigenvalue weighted by Gasteiger charge is -2.26. The third-order valence-corrected chi connectivity index (χ3v) is 3.64. The molecule has 0 atom stereocenters. The molecule has 0 aromatic heterocycles. The van der Waals surface area contributed by atoms with E-state index >= 15 is 0 Å². The van der Waals surface area contributed by atoms with E-state index in [0.717, 1.165) is 31.5 Å². The molecule has 1 heterocycles. The molecular formula is C16H21NO4. The molecule has 0 saturated carbocycles. The molecule has 1 aromatic rings. The molecule has 0 aliphatic carbocycles. The number of aromatic carboxylic acids is 1. The molecule has 1 aliphatic rings. The summed E-state index contributed by atoms with van der Waals surface area (Å²) in [5.41, 5.74) is 0.921. The summed E-state index contributed by atoms with van der Waals surface area (Å²) >= 11 is 0. The Balaban J connectivity index is 2.10. The fraction of sp³-hybridized carbons (Fsp3) is 0.500. The molecule has 114 valence electrons. The van der Waals surface area contributed by atoms with Gasteiger partial charge in [0.2, 0.25) is 5.91 Å². The highest BCUT2D eigenvalue weighted by Gasteiger charge is 2.18. The molecule has 0 radical (unpaired) electrons. The average molecular weight is 291 g/mol. The lowest BCUT2D eigenvalue weighted by atomic mass is 10.1. The molecule has 21 heavy (non-hydrogen) atoms. The molecule has 1 N–H and O–H groups in total. The van der Waals surface area contributed by atoms with Crippen LogP contribution in [0, 0.1) is 0 Å². The van der Waals surface area contributed by atoms with E-state index in [4.69, 9.17) is 9.84 Å². The van der Waals surface area contributed by atoms with Crippen LogP contribution in [0.1, 0.15) is 42.1 Å². The van der Waals surface area contributed by atoms with Crippen molar-refractivity contribution in [2.24, 2.45) is 0 Å². The van der Waals surface area contributed by atoms with Crippen molar-refractivity contribution < 1.29 is 19.4 Å². The van der Waals surface area contributed by atoms with Gasteiger partial charge < -0.3 is 14.7 Å². The molecule has 0 unspecified atom stereocenters. The van der Waals surface area contributed by atoms with E-state index in [1.807, 2.05) is 4.90 Å². The smallest absolute Gasteiger partial charge is 0.339 e. The van der Waals surface area contributed by atoms with E-state index in [1.165, 1.54) is 12.5 Å². The number of nitrogens with zero attached hydrogens (tertiary/aromatic N) is 1. The minimum Gasteiger partial charge on any atom is -0.493 e. The molecule has 0 spiro atoms. The number of carbonyl (C=O) groups is 2. The van der Waals surface area contributed by atoms with Crippen LogP contribution in [0.5, 0.6) is 5.75 Å². The van der Waals surface area contributed by atoms with Crippen LogP contribution < -0.4 is 4.74 Å². The van der Waals surface area contributed by atoms with Crippen molar-refractivity contribution >= 4 is 11.9 Å². The van der Waals surface area contributed by atoms with Gasteiger partial charge in [-0.2, -0.15) is 0 Å². The van der Waals surface area contributed by atoms with Crippen LogP contribution in [0.4, 0.5) is 0 Å². The quantitative estimate of drug-likeness (QED) is 0.904. The van der Waals surface area contributed by atoms with Gasteiger partial charge in [0.05, 0.1) is 13.0 Å². The summed E-state index contributed by atoms with van der Waals surface area (Å²) in [6, 6.07) is 4.86. The molecule has 1 aromatic carbocycles. The maximum absolute atomic E-state index is 12.2. The number of carboxylic acid groups (broad SMARTS) is 1. The van der Waals surface area contributed by atoms with Gasteiger partial charge >= 0.3 is 5.97 Å². The van der Waals surface area contributed by atoms with Gasteiger partial charge in [-0.05, 0) is 43.9 Å². The summed E-state index contributed by atoms with van der Waals surface area (Å²) in [5, 5.41) is 9.11. The highest BCUT2D eigenvalue weighted by molar-refractivity contribution is 5.91. The zero-order valence-electron chi connectivity index (χ0n) is 12.3. The maximum atomic E-state index is 12.2. The number of hydrogen-bond donors (Lipinski definition) is 1. The van der Waals surface area contributed by atoms with Gasteiger partial charge in [0.15, 0.2) is 0 Å². The number of carbonyl (C=O) groups excluding carboxylic acids is 1. The fourth-order valence-electron chi connectivity index (χ4n) is 2.56. The van der Waals surface area contributed by atoms with Crippen molar-refractivity contribution in [2.75, 3.05) is 19.7 Å². The largest absolute Gasteiger partial charge is 0.493 e. The van der Waals surface area contributed by atoms with E-state index in [9.17, 15) is 9.59 Å². The first-order valence-electron chi connectivity index (χ1n) is 7.38. The van der Waals surface area contributed by atoms with Crippen molar-refractivity contribution in [1.29, 1.82) is 0 Å². The van der Waals surface area contributed by atoms with Gasteiger partial charge in [0, 0.05) is 13.1 Å². The first-order valence-corrected chi connectivity index (χ1v) is 7.38. The minimum atomic E-state index is -1.02. The SMILES string of the molecule is CCOc1cc(CC(=O)N2CCCCC2)ccc1C(=O)O. The van der Waals surface area contributed by atoms with Crippen molar-refractivity contribution in [3.05, 3.63) is 29.3 Å². The van der Waals surface area contributed by atoms with Crippen LogP contribution in [0.25, 0.3) is 0 Å². The number of amides is 1. The summed E-state index contributed by atoms with van der Waals surface area (Å²) in [6.07, 6.45) is 3.60. The molecule has 1 fully saturated rings. The summed E-state index contributed by atoms with van der Waals surface area (Å²) in [5.74, 6) is -0.596. The lowest BCUT2D eigenvalue weighted by Crippen LogP contribution is -2.36. The van der Waals surface area contributed by atoms with E-state index < -0.39 is 5.97 Å². The van der Waals surface area contributed by atoms with Gasteiger partial charge in [0.1, 0.15) is 11.3 Å². The number of carboxylic acids is 1. The lowest BCUT2D eigenvalue weighted by molar-refractivity contribution is -0.131.